The zero-order valence-corrected chi connectivity index (χ0v) is 12.8. The third-order valence-corrected chi connectivity index (χ3v) is 4.09. The number of hydrogen-bond acceptors (Lipinski definition) is 3. The Labute approximate surface area is 131 Å². The molecule has 2 heterocycles. The zero-order valence-electron chi connectivity index (χ0n) is 11.2. The predicted octanol–water partition coefficient (Wildman–Crippen LogP) is 4.15. The monoisotopic (exact) mass is 317 g/mol. The Hall–Kier alpha value is -2.11. The van der Waals surface area contributed by atoms with E-state index in [1.807, 2.05) is 42.1 Å². The number of benzene rings is 1. The molecule has 0 saturated heterocycles. The van der Waals surface area contributed by atoms with E-state index in [1.165, 1.54) is 11.3 Å². The highest BCUT2D eigenvalue weighted by molar-refractivity contribution is 7.12. The molecule has 106 valence electrons. The Morgan fingerprint density at radius 3 is 2.86 bits per heavy atom. The molecule has 0 unspecified atom stereocenters. The van der Waals surface area contributed by atoms with E-state index < -0.39 is 0 Å². The number of thiazole rings is 1. The van der Waals surface area contributed by atoms with Gasteiger partial charge in [-0.2, -0.15) is 0 Å². The lowest BCUT2D eigenvalue weighted by Gasteiger charge is -2.07. The summed E-state index contributed by atoms with van der Waals surface area (Å²) in [6.45, 7) is 1.91. The summed E-state index contributed by atoms with van der Waals surface area (Å²) in [7, 11) is 0. The number of nitrogens with one attached hydrogen (secondary N) is 1. The molecule has 1 amide bonds. The fourth-order valence-electron chi connectivity index (χ4n) is 1.86. The number of nitrogens with zero attached hydrogens (tertiary/aromatic N) is 2. The van der Waals surface area contributed by atoms with Crippen LogP contribution >= 0.6 is 22.9 Å². The van der Waals surface area contributed by atoms with Gasteiger partial charge in [0.15, 0.2) is 5.13 Å². The molecule has 3 aromatic rings. The minimum Gasteiger partial charge on any atom is -0.320 e. The first-order valence-corrected chi connectivity index (χ1v) is 7.55. The first-order chi connectivity index (χ1) is 10.1. The quantitative estimate of drug-likeness (QED) is 0.789. The molecular formula is C15H12ClN3OS. The van der Waals surface area contributed by atoms with Gasteiger partial charge < -0.3 is 9.88 Å². The molecule has 1 aromatic carbocycles. The van der Waals surface area contributed by atoms with Crippen molar-refractivity contribution < 1.29 is 4.79 Å². The fourth-order valence-corrected chi connectivity index (χ4v) is 2.81. The average molecular weight is 318 g/mol. The topological polar surface area (TPSA) is 46.9 Å². The molecule has 0 aliphatic heterocycles. The summed E-state index contributed by atoms with van der Waals surface area (Å²) < 4.78 is 1.87. The molecule has 4 nitrogen and oxygen atoms in total. The van der Waals surface area contributed by atoms with E-state index in [9.17, 15) is 4.79 Å². The number of halogens is 1. The normalized spacial score (nSPS) is 10.6. The molecule has 0 atom stereocenters. The van der Waals surface area contributed by atoms with Crippen LogP contribution in [-0.2, 0) is 0 Å². The highest BCUT2D eigenvalue weighted by Gasteiger charge is 2.13. The second-order valence-electron chi connectivity index (χ2n) is 4.52. The van der Waals surface area contributed by atoms with Crippen molar-refractivity contribution in [1.82, 2.24) is 9.55 Å². The van der Waals surface area contributed by atoms with Crippen molar-refractivity contribution in [1.29, 1.82) is 0 Å². The molecule has 0 aliphatic carbocycles. The van der Waals surface area contributed by atoms with Crippen LogP contribution in [0.2, 0.25) is 5.02 Å². The summed E-state index contributed by atoms with van der Waals surface area (Å²) in [5, 5.41) is 5.92. The lowest BCUT2D eigenvalue weighted by atomic mass is 10.2. The van der Waals surface area contributed by atoms with Crippen LogP contribution in [0.25, 0.3) is 5.13 Å². The van der Waals surface area contributed by atoms with Gasteiger partial charge in [0.1, 0.15) is 5.69 Å². The lowest BCUT2D eigenvalue weighted by Crippen LogP contribution is -2.13. The van der Waals surface area contributed by atoms with Crippen molar-refractivity contribution in [2.24, 2.45) is 0 Å². The summed E-state index contributed by atoms with van der Waals surface area (Å²) in [5.74, 6) is -0.241. The molecule has 0 radical (unpaired) electrons. The highest BCUT2D eigenvalue weighted by atomic mass is 35.5. The van der Waals surface area contributed by atoms with Crippen LogP contribution in [0.3, 0.4) is 0 Å². The Kier molecular flexibility index (Phi) is 3.77. The molecule has 1 N–H and O–H groups in total. The number of rotatable bonds is 3. The van der Waals surface area contributed by atoms with Gasteiger partial charge in [0.25, 0.3) is 5.91 Å². The molecule has 6 heteroatoms. The number of carbonyl (C=O) groups excluding carboxylic acids is 1. The van der Waals surface area contributed by atoms with Crippen LogP contribution < -0.4 is 5.32 Å². The highest BCUT2D eigenvalue weighted by Crippen LogP contribution is 2.22. The average Bonchev–Trinajstić information content (AvgIpc) is 3.12. The van der Waals surface area contributed by atoms with Crippen LogP contribution in [0.15, 0.2) is 48.1 Å². The second-order valence-corrected chi connectivity index (χ2v) is 5.79. The summed E-state index contributed by atoms with van der Waals surface area (Å²) in [5.41, 5.74) is 2.04. The van der Waals surface area contributed by atoms with Gasteiger partial charge in [-0.1, -0.05) is 17.7 Å². The van der Waals surface area contributed by atoms with E-state index in [0.717, 1.165) is 10.7 Å². The van der Waals surface area contributed by atoms with Gasteiger partial charge in [-0.15, -0.1) is 11.3 Å². The number of anilines is 1. The van der Waals surface area contributed by atoms with Crippen molar-refractivity contribution >= 4 is 34.5 Å². The van der Waals surface area contributed by atoms with Crippen molar-refractivity contribution in [3.63, 3.8) is 0 Å². The van der Waals surface area contributed by atoms with E-state index in [1.54, 1.807) is 17.5 Å². The van der Waals surface area contributed by atoms with Gasteiger partial charge in [-0.3, -0.25) is 4.79 Å². The molecule has 2 aromatic heterocycles. The maximum absolute atomic E-state index is 12.2. The summed E-state index contributed by atoms with van der Waals surface area (Å²) in [6.07, 6.45) is 3.78. The Balaban J connectivity index is 1.81. The first-order valence-electron chi connectivity index (χ1n) is 6.30. The molecule has 3 rings (SSSR count). The second kappa shape index (κ2) is 5.71. The van der Waals surface area contributed by atoms with Crippen LogP contribution in [0.4, 0.5) is 5.69 Å². The smallest absolute Gasteiger partial charge is 0.275 e. The molecule has 21 heavy (non-hydrogen) atoms. The Bertz CT molecular complexity index is 780. The van der Waals surface area contributed by atoms with Gasteiger partial charge in [-0.25, -0.2) is 4.98 Å². The molecule has 0 fully saturated rings. The number of amides is 1. The zero-order chi connectivity index (χ0) is 14.8. The Morgan fingerprint density at radius 2 is 2.10 bits per heavy atom. The summed E-state index contributed by atoms with van der Waals surface area (Å²) >= 11 is 7.37. The molecule has 0 saturated carbocycles. The van der Waals surface area contributed by atoms with Gasteiger partial charge in [0.2, 0.25) is 0 Å². The van der Waals surface area contributed by atoms with E-state index in [2.05, 4.69) is 10.3 Å². The third-order valence-electron chi connectivity index (χ3n) is 3.00. The lowest BCUT2D eigenvalue weighted by molar-refractivity contribution is 0.102. The minimum atomic E-state index is -0.241. The molecule has 0 bridgehead atoms. The minimum absolute atomic E-state index is 0.241. The number of aryl methyl sites for hydroxylation is 1. The van der Waals surface area contributed by atoms with E-state index in [-0.39, 0.29) is 5.91 Å². The van der Waals surface area contributed by atoms with Crippen molar-refractivity contribution in [3.8, 4) is 5.13 Å². The SMILES string of the molecule is Cc1ccc(Cl)cc1NC(=O)c1csc(-n2cccc2)n1. The Morgan fingerprint density at radius 1 is 1.33 bits per heavy atom. The number of carbonyl (C=O) groups is 1. The van der Waals surface area contributed by atoms with Crippen molar-refractivity contribution in [2.45, 2.75) is 6.92 Å². The molecule has 0 spiro atoms. The van der Waals surface area contributed by atoms with Crippen molar-refractivity contribution in [2.75, 3.05) is 5.32 Å². The first kappa shape index (κ1) is 13.9. The number of aromatic nitrogens is 2. The maximum Gasteiger partial charge on any atom is 0.275 e. The molecule has 0 aliphatic rings. The largest absolute Gasteiger partial charge is 0.320 e. The fraction of sp³-hybridized carbons (Fsp3) is 0.0667. The van der Waals surface area contributed by atoms with Crippen LogP contribution in [0.1, 0.15) is 16.1 Å². The van der Waals surface area contributed by atoms with Gasteiger partial charge in [0.05, 0.1) is 0 Å². The third kappa shape index (κ3) is 2.99. The summed E-state index contributed by atoms with van der Waals surface area (Å²) in [6, 6.07) is 9.21. The van der Waals surface area contributed by atoms with E-state index in [0.29, 0.717) is 16.4 Å². The van der Waals surface area contributed by atoms with Crippen LogP contribution in [0, 0.1) is 6.92 Å². The van der Waals surface area contributed by atoms with Crippen molar-refractivity contribution in [3.05, 3.63) is 64.4 Å². The number of hydrogen-bond donors (Lipinski definition) is 1. The van der Waals surface area contributed by atoms with E-state index >= 15 is 0 Å². The van der Waals surface area contributed by atoms with E-state index in [4.69, 9.17) is 11.6 Å². The predicted molar refractivity (Wildman–Crippen MR) is 85.6 cm³/mol. The van der Waals surface area contributed by atoms with Gasteiger partial charge in [0, 0.05) is 28.5 Å². The standard InChI is InChI=1S/C15H12ClN3OS/c1-10-4-5-11(16)8-12(10)17-14(20)13-9-21-15(18-13)19-6-2-3-7-19/h2-9H,1H3,(H,17,20). The van der Waals surface area contributed by atoms with Gasteiger partial charge in [-0.05, 0) is 36.8 Å². The maximum atomic E-state index is 12.2. The van der Waals surface area contributed by atoms with Gasteiger partial charge >= 0.3 is 0 Å². The van der Waals surface area contributed by atoms with Crippen LogP contribution in [-0.4, -0.2) is 15.5 Å². The van der Waals surface area contributed by atoms with Crippen LogP contribution in [0.5, 0.6) is 0 Å². The summed E-state index contributed by atoms with van der Waals surface area (Å²) in [4.78, 5) is 16.6. The molecular weight excluding hydrogens is 306 g/mol.